The highest BCUT2D eigenvalue weighted by molar-refractivity contribution is 6.30. The highest BCUT2D eigenvalue weighted by Gasteiger charge is 2.51. The summed E-state index contributed by atoms with van der Waals surface area (Å²) in [6, 6.07) is 13.3. The number of aromatic amines is 1. The van der Waals surface area contributed by atoms with Gasteiger partial charge < -0.3 is 29.4 Å². The standard InChI is InChI=1S/C24H28N4O4/c1-6-32-14-24(2)21(29)20(22-26-18-9-7-8-10-19(18)27-22)23(25-3)28(24)15-11-16(30-4)13-17(12-15)31-5/h7-13,25H,6,14H2,1-5H3,(H,26,27)/t24-/m1/s1. The molecule has 8 heteroatoms. The third-order valence-corrected chi connectivity index (χ3v) is 5.71. The number of Topliss-reactive ketones (excluding diaryl/α,β-unsaturated/α-hetero) is 1. The second-order valence-corrected chi connectivity index (χ2v) is 7.72. The van der Waals surface area contributed by atoms with Gasteiger partial charge in [0.25, 0.3) is 0 Å². The maximum atomic E-state index is 13.9. The average Bonchev–Trinajstić information content (AvgIpc) is 3.33. The Bertz CT molecular complexity index is 1130. The van der Waals surface area contributed by atoms with Gasteiger partial charge in [-0.05, 0) is 26.0 Å². The van der Waals surface area contributed by atoms with Crippen LogP contribution in [0.4, 0.5) is 5.69 Å². The van der Waals surface area contributed by atoms with Crippen LogP contribution in [-0.2, 0) is 9.53 Å². The molecule has 0 radical (unpaired) electrons. The Labute approximate surface area is 187 Å². The number of hydrogen-bond acceptors (Lipinski definition) is 7. The number of rotatable bonds is 8. The minimum absolute atomic E-state index is 0.0869. The molecule has 2 N–H and O–H groups in total. The predicted molar refractivity (Wildman–Crippen MR) is 124 cm³/mol. The van der Waals surface area contributed by atoms with Gasteiger partial charge in [-0.2, -0.15) is 0 Å². The van der Waals surface area contributed by atoms with Gasteiger partial charge in [0.1, 0.15) is 34.3 Å². The number of H-pyrrole nitrogens is 1. The van der Waals surface area contributed by atoms with E-state index in [-0.39, 0.29) is 12.4 Å². The molecule has 0 aliphatic carbocycles. The molecule has 0 saturated heterocycles. The van der Waals surface area contributed by atoms with Gasteiger partial charge in [0.15, 0.2) is 5.78 Å². The van der Waals surface area contributed by atoms with E-state index in [0.717, 1.165) is 16.7 Å². The van der Waals surface area contributed by atoms with Gasteiger partial charge in [-0.15, -0.1) is 0 Å². The van der Waals surface area contributed by atoms with Crippen molar-refractivity contribution in [1.82, 2.24) is 15.3 Å². The maximum Gasteiger partial charge on any atom is 0.198 e. The number of methoxy groups -OCH3 is 2. The second kappa shape index (κ2) is 8.55. The van der Waals surface area contributed by atoms with Crippen molar-refractivity contribution in [1.29, 1.82) is 0 Å². The molecule has 1 aromatic heterocycles. The Kier molecular flexibility index (Phi) is 5.80. The van der Waals surface area contributed by atoms with Crippen molar-refractivity contribution in [2.45, 2.75) is 19.4 Å². The summed E-state index contributed by atoms with van der Waals surface area (Å²) in [4.78, 5) is 23.9. The molecule has 4 rings (SSSR count). The molecular formula is C24H28N4O4. The first-order valence-corrected chi connectivity index (χ1v) is 10.5. The number of aromatic nitrogens is 2. The van der Waals surface area contributed by atoms with Crippen molar-refractivity contribution in [3.05, 3.63) is 54.1 Å². The van der Waals surface area contributed by atoms with Crippen LogP contribution in [0.15, 0.2) is 48.3 Å². The van der Waals surface area contributed by atoms with E-state index in [9.17, 15) is 4.79 Å². The fraction of sp³-hybridized carbons (Fsp3) is 0.333. The minimum Gasteiger partial charge on any atom is -0.497 e. The number of anilines is 1. The van der Waals surface area contributed by atoms with Crippen LogP contribution >= 0.6 is 0 Å². The molecule has 32 heavy (non-hydrogen) atoms. The lowest BCUT2D eigenvalue weighted by Gasteiger charge is -2.37. The molecule has 0 unspecified atom stereocenters. The molecule has 8 nitrogen and oxygen atoms in total. The number of benzene rings is 2. The van der Waals surface area contributed by atoms with Crippen LogP contribution in [0.2, 0.25) is 0 Å². The monoisotopic (exact) mass is 436 g/mol. The van der Waals surface area contributed by atoms with E-state index in [1.165, 1.54) is 0 Å². The first-order chi connectivity index (χ1) is 15.5. The van der Waals surface area contributed by atoms with E-state index in [4.69, 9.17) is 19.2 Å². The van der Waals surface area contributed by atoms with E-state index >= 15 is 0 Å². The van der Waals surface area contributed by atoms with Gasteiger partial charge in [-0.25, -0.2) is 4.98 Å². The Morgan fingerprint density at radius 2 is 1.81 bits per heavy atom. The number of carbonyl (C=O) groups is 1. The number of fused-ring (bicyclic) bond motifs is 1. The summed E-state index contributed by atoms with van der Waals surface area (Å²) >= 11 is 0. The number of hydrogen-bond donors (Lipinski definition) is 2. The summed E-state index contributed by atoms with van der Waals surface area (Å²) in [6.07, 6.45) is 0. The van der Waals surface area contributed by atoms with Crippen LogP contribution in [0.1, 0.15) is 19.7 Å². The Balaban J connectivity index is 1.94. The van der Waals surface area contributed by atoms with E-state index in [0.29, 0.717) is 35.3 Å². The normalized spacial score (nSPS) is 18.5. The van der Waals surface area contributed by atoms with Crippen molar-refractivity contribution in [2.75, 3.05) is 39.4 Å². The lowest BCUT2D eigenvalue weighted by atomic mass is 9.94. The number of imidazole rings is 1. The number of para-hydroxylation sites is 2. The SMILES string of the molecule is CCOC[C@]1(C)C(=O)C(c2nc3ccccc3[nH]2)=C(NC)N1c1cc(OC)cc(OC)c1. The number of ether oxygens (including phenoxy) is 3. The van der Waals surface area contributed by atoms with E-state index in [1.807, 2.05) is 55.1 Å². The third-order valence-electron chi connectivity index (χ3n) is 5.71. The summed E-state index contributed by atoms with van der Waals surface area (Å²) in [5, 5.41) is 3.23. The van der Waals surface area contributed by atoms with Crippen LogP contribution in [0, 0.1) is 0 Å². The summed E-state index contributed by atoms with van der Waals surface area (Å²) in [6.45, 7) is 4.49. The van der Waals surface area contributed by atoms with Crippen LogP contribution in [0.5, 0.6) is 11.5 Å². The van der Waals surface area contributed by atoms with Gasteiger partial charge in [-0.1, -0.05) is 12.1 Å². The third kappa shape index (κ3) is 3.46. The fourth-order valence-electron chi connectivity index (χ4n) is 4.13. The van der Waals surface area contributed by atoms with Crippen molar-refractivity contribution >= 4 is 28.1 Å². The second-order valence-electron chi connectivity index (χ2n) is 7.72. The van der Waals surface area contributed by atoms with Crippen molar-refractivity contribution in [3.63, 3.8) is 0 Å². The van der Waals surface area contributed by atoms with Gasteiger partial charge in [0.05, 0.1) is 37.5 Å². The number of ketones is 1. The van der Waals surface area contributed by atoms with Gasteiger partial charge >= 0.3 is 0 Å². The number of nitrogens with zero attached hydrogens (tertiary/aromatic N) is 2. The molecule has 0 amide bonds. The molecule has 168 valence electrons. The number of nitrogens with one attached hydrogen (secondary N) is 2. The van der Waals surface area contributed by atoms with Crippen LogP contribution < -0.4 is 19.7 Å². The lowest BCUT2D eigenvalue weighted by Crippen LogP contribution is -2.52. The Morgan fingerprint density at radius 3 is 2.41 bits per heavy atom. The average molecular weight is 437 g/mol. The largest absolute Gasteiger partial charge is 0.497 e. The van der Waals surface area contributed by atoms with Crippen molar-refractivity contribution in [2.24, 2.45) is 0 Å². The summed E-state index contributed by atoms with van der Waals surface area (Å²) in [5.74, 6) is 2.31. The molecule has 2 heterocycles. The quantitative estimate of drug-likeness (QED) is 0.560. The van der Waals surface area contributed by atoms with Crippen LogP contribution in [-0.4, -0.2) is 55.8 Å². The summed E-state index contributed by atoms with van der Waals surface area (Å²) < 4.78 is 16.7. The number of carbonyl (C=O) groups excluding carboxylic acids is 1. The van der Waals surface area contributed by atoms with Crippen LogP contribution in [0.25, 0.3) is 16.6 Å². The Morgan fingerprint density at radius 1 is 1.12 bits per heavy atom. The van der Waals surface area contributed by atoms with Gasteiger partial charge in [0.2, 0.25) is 0 Å². The molecular weight excluding hydrogens is 408 g/mol. The van der Waals surface area contributed by atoms with Gasteiger partial charge in [-0.3, -0.25) is 4.79 Å². The fourth-order valence-corrected chi connectivity index (χ4v) is 4.13. The lowest BCUT2D eigenvalue weighted by molar-refractivity contribution is -0.119. The maximum absolute atomic E-state index is 13.9. The van der Waals surface area contributed by atoms with Crippen LogP contribution in [0.3, 0.4) is 0 Å². The molecule has 1 aliphatic rings. The highest BCUT2D eigenvalue weighted by Crippen LogP contribution is 2.43. The van der Waals surface area contributed by atoms with E-state index < -0.39 is 5.54 Å². The summed E-state index contributed by atoms with van der Waals surface area (Å²) in [5.41, 5.74) is 1.89. The first kappa shape index (κ1) is 21.7. The molecule has 0 bridgehead atoms. The van der Waals surface area contributed by atoms with E-state index in [1.54, 1.807) is 27.3 Å². The highest BCUT2D eigenvalue weighted by atomic mass is 16.5. The zero-order valence-corrected chi connectivity index (χ0v) is 19.0. The zero-order valence-electron chi connectivity index (χ0n) is 19.0. The predicted octanol–water partition coefficient (Wildman–Crippen LogP) is 3.35. The minimum atomic E-state index is -1.000. The molecule has 0 saturated carbocycles. The van der Waals surface area contributed by atoms with Crippen molar-refractivity contribution < 1.29 is 19.0 Å². The smallest absolute Gasteiger partial charge is 0.198 e. The molecule has 1 aliphatic heterocycles. The molecule has 3 aromatic rings. The molecule has 2 aromatic carbocycles. The molecule has 1 atom stereocenters. The zero-order chi connectivity index (χ0) is 22.9. The molecule has 0 fully saturated rings. The van der Waals surface area contributed by atoms with Gasteiger partial charge in [0, 0.05) is 31.9 Å². The van der Waals surface area contributed by atoms with E-state index in [2.05, 4.69) is 10.3 Å². The summed E-state index contributed by atoms with van der Waals surface area (Å²) in [7, 11) is 4.99. The topological polar surface area (TPSA) is 88.7 Å². The molecule has 0 spiro atoms. The first-order valence-electron chi connectivity index (χ1n) is 10.5. The Hall–Kier alpha value is -3.52. The van der Waals surface area contributed by atoms with Crippen molar-refractivity contribution in [3.8, 4) is 11.5 Å².